The molecule has 0 unspecified atom stereocenters. The van der Waals surface area contributed by atoms with Gasteiger partial charge in [0.2, 0.25) is 23.6 Å². The van der Waals surface area contributed by atoms with E-state index in [0.29, 0.717) is 13.2 Å². The Kier molecular flexibility index (Phi) is 16.7. The van der Waals surface area contributed by atoms with Crippen molar-refractivity contribution in [2.45, 2.75) is 74.4 Å². The molecule has 318 valence electrons. The van der Waals surface area contributed by atoms with Crippen molar-refractivity contribution in [3.63, 3.8) is 0 Å². The van der Waals surface area contributed by atoms with E-state index >= 15 is 0 Å². The van der Waals surface area contributed by atoms with Crippen LogP contribution in [-0.2, 0) is 85.5 Å². The summed E-state index contributed by atoms with van der Waals surface area (Å²) in [5.41, 5.74) is 11.1. The fourth-order valence-electron chi connectivity index (χ4n) is 6.16. The maximum absolute atomic E-state index is 12.3. The summed E-state index contributed by atoms with van der Waals surface area (Å²) in [4.78, 5) is 48.9. The molecule has 0 saturated carbocycles. The lowest BCUT2D eigenvalue weighted by molar-refractivity contribution is -0.332. The molecular formula is C32H52N6O18. The van der Waals surface area contributed by atoms with Gasteiger partial charge in [-0.1, -0.05) is 0 Å². The van der Waals surface area contributed by atoms with Crippen LogP contribution in [0.4, 0.5) is 0 Å². The highest BCUT2D eigenvalue weighted by Crippen LogP contribution is 2.24. The summed E-state index contributed by atoms with van der Waals surface area (Å²) in [6, 6.07) is 0. The van der Waals surface area contributed by atoms with Gasteiger partial charge in [-0.15, -0.1) is 0 Å². The van der Waals surface area contributed by atoms with Crippen LogP contribution in [-0.4, -0.2) is 203 Å². The monoisotopic (exact) mass is 808 g/mol. The average molecular weight is 809 g/mol. The van der Waals surface area contributed by atoms with E-state index < -0.39 is 73.6 Å². The first-order valence-corrected chi connectivity index (χ1v) is 18.5. The Hall–Kier alpha value is -2.76. The Morgan fingerprint density at radius 3 is 0.839 bits per heavy atom. The van der Waals surface area contributed by atoms with E-state index in [4.69, 9.17) is 77.8 Å². The molecule has 6 fully saturated rings. The molecule has 24 nitrogen and oxygen atoms in total. The van der Waals surface area contributed by atoms with Gasteiger partial charge in [0.1, 0.15) is 63.1 Å². The lowest BCUT2D eigenvalue weighted by atomic mass is 10.2. The van der Waals surface area contributed by atoms with E-state index in [9.17, 15) is 19.2 Å². The summed E-state index contributed by atoms with van der Waals surface area (Å²) < 4.78 is 78.3. The summed E-state index contributed by atoms with van der Waals surface area (Å²) in [6.45, 7) is 0.741. The molecule has 0 radical (unpaired) electrons. The summed E-state index contributed by atoms with van der Waals surface area (Å²) >= 11 is 0. The van der Waals surface area contributed by atoms with Crippen molar-refractivity contribution in [1.82, 2.24) is 21.3 Å². The fourth-order valence-corrected chi connectivity index (χ4v) is 6.16. The third-order valence-corrected chi connectivity index (χ3v) is 9.06. The summed E-state index contributed by atoms with van der Waals surface area (Å²) in [5, 5.41) is 10.5. The smallest absolute Gasteiger partial charge is 0.246 e. The van der Waals surface area contributed by atoms with Gasteiger partial charge in [0.15, 0.2) is 37.7 Å². The number of rotatable bonds is 18. The standard InChI is InChI=1S/C32H52N6O18/c33-1-27-45-7-19-17(51-27)9-47-29(53-19)3-35-23(39)13-43-15-25(41)37-5-31-49-11-22-21(55-31)12-50-32(56-22)6-38-26(42)16-44-14-24(40)36-4-30-48-10-18-20(54-30)8-46-28(2-34)52-18/h17-22,27-32H,1-16,33-34H2,(H,35,39)(H,36,40)(H,37,41)(H,38,42)/t17-,18-,19-,20-,21-,22-,27+,28+,29+,30+,31+,32+/m0/s1. The third kappa shape index (κ3) is 13.1. The van der Waals surface area contributed by atoms with Gasteiger partial charge < -0.3 is 99.1 Å². The minimum atomic E-state index is -0.765. The molecule has 6 aliphatic rings. The normalized spacial score (nSPS) is 35.5. The van der Waals surface area contributed by atoms with Crippen LogP contribution in [0.1, 0.15) is 0 Å². The van der Waals surface area contributed by atoms with Gasteiger partial charge in [0.25, 0.3) is 0 Å². The van der Waals surface area contributed by atoms with E-state index in [0.717, 1.165) is 0 Å². The number of carbonyl (C=O) groups is 4. The molecule has 0 aliphatic carbocycles. The van der Waals surface area contributed by atoms with Crippen LogP contribution in [0.25, 0.3) is 0 Å². The SMILES string of the molecule is NC[C@@H]1OC[C@@H]2O[C@H](CNC(=O)COCC(=O)NC[C@@H]3OC[C@@H]4O[C@H](CNC(=O)COCC(=O)NC[C@@H]5OC[C@@H]6O[C@H](CN)OC[C@@H]6O5)OC[C@@H]4O3)OC[C@@H]2O1. The lowest BCUT2D eigenvalue weighted by Gasteiger charge is -2.41. The quantitative estimate of drug-likeness (QED) is 0.0751. The number of hydrogen-bond acceptors (Lipinski definition) is 20. The van der Waals surface area contributed by atoms with Gasteiger partial charge >= 0.3 is 0 Å². The number of nitrogens with two attached hydrogens (primary N) is 2. The molecular weight excluding hydrogens is 756 g/mol. The summed E-state index contributed by atoms with van der Waals surface area (Å²) in [5.74, 6) is -1.86. The highest BCUT2D eigenvalue weighted by atomic mass is 16.8. The average Bonchev–Trinajstić information content (AvgIpc) is 3.22. The van der Waals surface area contributed by atoms with Gasteiger partial charge in [-0.2, -0.15) is 0 Å². The number of amides is 4. The van der Waals surface area contributed by atoms with E-state index in [1.54, 1.807) is 0 Å². The number of hydrogen-bond donors (Lipinski definition) is 6. The van der Waals surface area contributed by atoms with Crippen molar-refractivity contribution in [3.05, 3.63) is 0 Å². The molecule has 0 aromatic heterocycles. The summed E-state index contributed by atoms with van der Waals surface area (Å²) in [6.07, 6.45) is -6.06. The van der Waals surface area contributed by atoms with Crippen molar-refractivity contribution in [1.29, 1.82) is 0 Å². The molecule has 0 bridgehead atoms. The Morgan fingerprint density at radius 1 is 0.393 bits per heavy atom. The molecule has 0 aromatic carbocycles. The van der Waals surface area contributed by atoms with Gasteiger partial charge in [-0.25, -0.2) is 0 Å². The second kappa shape index (κ2) is 21.8. The third-order valence-electron chi connectivity index (χ3n) is 9.06. The molecule has 6 heterocycles. The van der Waals surface area contributed by atoms with Gasteiger partial charge in [0.05, 0.1) is 65.8 Å². The van der Waals surface area contributed by atoms with E-state index in [1.165, 1.54) is 0 Å². The predicted molar refractivity (Wildman–Crippen MR) is 179 cm³/mol. The van der Waals surface area contributed by atoms with Crippen molar-refractivity contribution in [2.75, 3.05) is 105 Å². The number of fused-ring (bicyclic) bond motifs is 3. The molecule has 12 atom stereocenters. The van der Waals surface area contributed by atoms with Crippen LogP contribution < -0.4 is 32.7 Å². The molecule has 6 rings (SSSR count). The Balaban J connectivity index is 0.745. The molecule has 4 amide bonds. The highest BCUT2D eigenvalue weighted by molar-refractivity contribution is 5.80. The maximum atomic E-state index is 12.3. The second-order valence-electron chi connectivity index (χ2n) is 13.3. The molecule has 6 saturated heterocycles. The van der Waals surface area contributed by atoms with Crippen LogP contribution in [0, 0.1) is 0 Å². The predicted octanol–water partition coefficient (Wildman–Crippen LogP) is -6.15. The largest absolute Gasteiger partial charge is 0.362 e. The van der Waals surface area contributed by atoms with Crippen molar-refractivity contribution in [3.8, 4) is 0 Å². The number of ether oxygens (including phenoxy) is 14. The summed E-state index contributed by atoms with van der Waals surface area (Å²) in [7, 11) is 0. The minimum absolute atomic E-state index is 0.0247. The van der Waals surface area contributed by atoms with Crippen LogP contribution in [0.2, 0.25) is 0 Å². The van der Waals surface area contributed by atoms with Crippen LogP contribution in [0.15, 0.2) is 0 Å². The number of nitrogens with one attached hydrogen (secondary N) is 4. The fraction of sp³-hybridized carbons (Fsp3) is 0.875. The van der Waals surface area contributed by atoms with Crippen LogP contribution >= 0.6 is 0 Å². The first-order valence-electron chi connectivity index (χ1n) is 18.5. The molecule has 0 spiro atoms. The topological polar surface area (TPSA) is 298 Å². The van der Waals surface area contributed by atoms with E-state index in [2.05, 4.69) is 21.3 Å². The van der Waals surface area contributed by atoms with Crippen LogP contribution in [0.5, 0.6) is 0 Å². The zero-order valence-electron chi connectivity index (χ0n) is 30.7. The van der Waals surface area contributed by atoms with Gasteiger partial charge in [-0.05, 0) is 0 Å². The van der Waals surface area contributed by atoms with Crippen molar-refractivity contribution in [2.24, 2.45) is 11.5 Å². The molecule has 56 heavy (non-hydrogen) atoms. The second-order valence-corrected chi connectivity index (χ2v) is 13.3. The molecule has 8 N–H and O–H groups in total. The van der Waals surface area contributed by atoms with Crippen LogP contribution in [0.3, 0.4) is 0 Å². The Bertz CT molecular complexity index is 1200. The lowest BCUT2D eigenvalue weighted by Crippen LogP contribution is -2.56. The Morgan fingerprint density at radius 2 is 0.607 bits per heavy atom. The highest BCUT2D eigenvalue weighted by Gasteiger charge is 2.41. The van der Waals surface area contributed by atoms with E-state index in [-0.39, 0.29) is 117 Å². The zero-order valence-corrected chi connectivity index (χ0v) is 30.7. The van der Waals surface area contributed by atoms with Crippen molar-refractivity contribution < 1.29 is 85.5 Å². The molecule has 24 heteroatoms. The first kappa shape index (κ1) is 42.8. The molecule has 0 aromatic rings. The minimum Gasteiger partial charge on any atom is -0.362 e. The van der Waals surface area contributed by atoms with E-state index in [1.807, 2.05) is 0 Å². The number of carbonyl (C=O) groups excluding carboxylic acids is 4. The zero-order chi connectivity index (χ0) is 39.3. The van der Waals surface area contributed by atoms with Gasteiger partial charge in [-0.3, -0.25) is 19.2 Å². The van der Waals surface area contributed by atoms with Crippen molar-refractivity contribution >= 4 is 23.6 Å². The maximum Gasteiger partial charge on any atom is 0.246 e. The van der Waals surface area contributed by atoms with Gasteiger partial charge in [0, 0.05) is 13.1 Å². The first-order chi connectivity index (χ1) is 27.2. The Labute approximate surface area is 321 Å². The molecule has 6 aliphatic heterocycles.